The van der Waals surface area contributed by atoms with Gasteiger partial charge in [-0.2, -0.15) is 0 Å². The number of nitrogens with zero attached hydrogens (tertiary/aromatic N) is 2. The number of aryl methyl sites for hydroxylation is 1. The molecule has 0 amide bonds. The molecule has 0 saturated heterocycles. The second kappa shape index (κ2) is 6.29. The SMILES string of the molecule is Cc1nc(NN)c(C)c(NCCc2ccccc2F)n1. The summed E-state index contributed by atoms with van der Waals surface area (Å²) in [5.74, 6) is 7.15. The zero-order chi connectivity index (χ0) is 14.5. The van der Waals surface area contributed by atoms with Crippen LogP contribution < -0.4 is 16.6 Å². The minimum atomic E-state index is -0.186. The molecule has 0 spiro atoms. The molecule has 6 heteroatoms. The summed E-state index contributed by atoms with van der Waals surface area (Å²) in [5.41, 5.74) is 4.06. The topological polar surface area (TPSA) is 75.9 Å². The van der Waals surface area contributed by atoms with Crippen LogP contribution in [0, 0.1) is 19.7 Å². The van der Waals surface area contributed by atoms with Crippen molar-refractivity contribution in [3.8, 4) is 0 Å². The number of rotatable bonds is 5. The number of anilines is 2. The normalized spacial score (nSPS) is 10.4. The lowest BCUT2D eigenvalue weighted by molar-refractivity contribution is 0.610. The van der Waals surface area contributed by atoms with Crippen LogP contribution in [0.4, 0.5) is 16.0 Å². The maximum atomic E-state index is 13.5. The highest BCUT2D eigenvalue weighted by Crippen LogP contribution is 2.19. The van der Waals surface area contributed by atoms with E-state index in [1.807, 2.05) is 13.0 Å². The zero-order valence-electron chi connectivity index (χ0n) is 11.6. The molecule has 4 N–H and O–H groups in total. The predicted octanol–water partition coefficient (Wildman–Crippen LogP) is 2.17. The van der Waals surface area contributed by atoms with Crippen molar-refractivity contribution >= 4 is 11.6 Å². The number of hydrogen-bond donors (Lipinski definition) is 3. The first kappa shape index (κ1) is 14.2. The molecule has 1 aromatic heterocycles. The van der Waals surface area contributed by atoms with E-state index in [1.165, 1.54) is 6.07 Å². The number of aromatic nitrogens is 2. The molecule has 0 bridgehead atoms. The van der Waals surface area contributed by atoms with Gasteiger partial charge in [0.15, 0.2) is 0 Å². The van der Waals surface area contributed by atoms with Crippen molar-refractivity contribution < 1.29 is 4.39 Å². The number of benzene rings is 1. The van der Waals surface area contributed by atoms with Gasteiger partial charge in [0.1, 0.15) is 23.3 Å². The second-order valence-corrected chi connectivity index (χ2v) is 4.51. The lowest BCUT2D eigenvalue weighted by Crippen LogP contribution is -2.15. The average Bonchev–Trinajstić information content (AvgIpc) is 2.44. The summed E-state index contributed by atoms with van der Waals surface area (Å²) < 4.78 is 13.5. The van der Waals surface area contributed by atoms with Gasteiger partial charge in [-0.25, -0.2) is 20.2 Å². The number of nitrogens with two attached hydrogens (primary N) is 1. The Morgan fingerprint density at radius 2 is 1.85 bits per heavy atom. The van der Waals surface area contributed by atoms with E-state index in [4.69, 9.17) is 5.84 Å². The van der Waals surface area contributed by atoms with Crippen LogP contribution in [0.3, 0.4) is 0 Å². The fourth-order valence-electron chi connectivity index (χ4n) is 1.96. The van der Waals surface area contributed by atoms with Gasteiger partial charge in [-0.3, -0.25) is 0 Å². The Morgan fingerprint density at radius 3 is 2.55 bits per heavy atom. The van der Waals surface area contributed by atoms with Gasteiger partial charge in [0.05, 0.1) is 0 Å². The quantitative estimate of drug-likeness (QED) is 0.576. The molecule has 2 aromatic rings. The highest BCUT2D eigenvalue weighted by molar-refractivity contribution is 5.56. The lowest BCUT2D eigenvalue weighted by atomic mass is 10.1. The van der Waals surface area contributed by atoms with E-state index in [0.29, 0.717) is 36.0 Å². The number of nitrogen functional groups attached to an aromatic ring is 1. The molecule has 1 heterocycles. The van der Waals surface area contributed by atoms with Crippen LogP contribution in [-0.2, 0) is 6.42 Å². The average molecular weight is 275 g/mol. The van der Waals surface area contributed by atoms with Crippen LogP contribution in [-0.4, -0.2) is 16.5 Å². The first-order valence-corrected chi connectivity index (χ1v) is 6.41. The van der Waals surface area contributed by atoms with E-state index in [0.717, 1.165) is 5.56 Å². The molecular weight excluding hydrogens is 257 g/mol. The fraction of sp³-hybridized carbons (Fsp3) is 0.286. The first-order valence-electron chi connectivity index (χ1n) is 6.41. The Labute approximate surface area is 117 Å². The molecule has 0 unspecified atom stereocenters. The Bertz CT molecular complexity index is 600. The molecule has 106 valence electrons. The fourth-order valence-corrected chi connectivity index (χ4v) is 1.96. The van der Waals surface area contributed by atoms with Crippen molar-refractivity contribution in [3.63, 3.8) is 0 Å². The molecule has 0 fully saturated rings. The molecule has 20 heavy (non-hydrogen) atoms. The summed E-state index contributed by atoms with van der Waals surface area (Å²) in [7, 11) is 0. The summed E-state index contributed by atoms with van der Waals surface area (Å²) in [6.07, 6.45) is 0.584. The molecule has 1 aromatic carbocycles. The number of nitrogens with one attached hydrogen (secondary N) is 2. The monoisotopic (exact) mass is 275 g/mol. The molecule has 5 nitrogen and oxygen atoms in total. The van der Waals surface area contributed by atoms with Crippen LogP contribution in [0.2, 0.25) is 0 Å². The Balaban J connectivity index is 2.05. The number of halogens is 1. The van der Waals surface area contributed by atoms with Gasteiger partial charge >= 0.3 is 0 Å². The standard InChI is InChI=1S/C14H18FN5/c1-9-13(18-10(2)19-14(9)20-16)17-8-7-11-5-3-4-6-12(11)15/h3-6H,7-8,16H2,1-2H3,(H2,17,18,19,20). The Kier molecular flexibility index (Phi) is 4.47. The smallest absolute Gasteiger partial charge is 0.148 e. The molecular formula is C14H18FN5. The van der Waals surface area contributed by atoms with Gasteiger partial charge in [0.25, 0.3) is 0 Å². The molecule has 0 aliphatic rings. The van der Waals surface area contributed by atoms with Crippen LogP contribution >= 0.6 is 0 Å². The third kappa shape index (κ3) is 3.21. The van der Waals surface area contributed by atoms with E-state index in [9.17, 15) is 4.39 Å². The summed E-state index contributed by atoms with van der Waals surface area (Å²) >= 11 is 0. The molecule has 0 radical (unpaired) electrons. The molecule has 0 atom stereocenters. The molecule has 0 saturated carbocycles. The van der Waals surface area contributed by atoms with Crippen molar-refractivity contribution in [3.05, 3.63) is 47.0 Å². The Morgan fingerprint density at radius 1 is 1.15 bits per heavy atom. The van der Waals surface area contributed by atoms with E-state index >= 15 is 0 Å². The van der Waals surface area contributed by atoms with E-state index in [-0.39, 0.29) is 5.82 Å². The van der Waals surface area contributed by atoms with E-state index < -0.39 is 0 Å². The maximum absolute atomic E-state index is 13.5. The third-order valence-corrected chi connectivity index (χ3v) is 3.04. The predicted molar refractivity (Wildman–Crippen MR) is 77.9 cm³/mol. The van der Waals surface area contributed by atoms with Gasteiger partial charge in [-0.05, 0) is 31.9 Å². The van der Waals surface area contributed by atoms with E-state index in [2.05, 4.69) is 20.7 Å². The van der Waals surface area contributed by atoms with Crippen molar-refractivity contribution in [2.45, 2.75) is 20.3 Å². The lowest BCUT2D eigenvalue weighted by Gasteiger charge is -2.12. The molecule has 2 rings (SSSR count). The minimum absolute atomic E-state index is 0.186. The summed E-state index contributed by atoms with van der Waals surface area (Å²) in [4.78, 5) is 8.51. The zero-order valence-corrected chi connectivity index (χ0v) is 11.6. The summed E-state index contributed by atoms with van der Waals surface area (Å²) in [6, 6.07) is 6.76. The third-order valence-electron chi connectivity index (χ3n) is 3.04. The van der Waals surface area contributed by atoms with Crippen molar-refractivity contribution in [2.75, 3.05) is 17.3 Å². The first-order chi connectivity index (χ1) is 9.61. The van der Waals surface area contributed by atoms with Crippen molar-refractivity contribution in [1.82, 2.24) is 9.97 Å². The van der Waals surface area contributed by atoms with Crippen LogP contribution in [0.15, 0.2) is 24.3 Å². The largest absolute Gasteiger partial charge is 0.369 e. The summed E-state index contributed by atoms with van der Waals surface area (Å²) in [6.45, 7) is 4.25. The number of hydrazine groups is 1. The van der Waals surface area contributed by atoms with Gasteiger partial charge in [0, 0.05) is 12.1 Å². The van der Waals surface area contributed by atoms with Crippen molar-refractivity contribution in [2.24, 2.45) is 5.84 Å². The van der Waals surface area contributed by atoms with Gasteiger partial charge in [-0.15, -0.1) is 0 Å². The van der Waals surface area contributed by atoms with Crippen LogP contribution in [0.1, 0.15) is 17.0 Å². The van der Waals surface area contributed by atoms with E-state index in [1.54, 1.807) is 19.1 Å². The van der Waals surface area contributed by atoms with Crippen molar-refractivity contribution in [1.29, 1.82) is 0 Å². The highest BCUT2D eigenvalue weighted by Gasteiger charge is 2.08. The van der Waals surface area contributed by atoms with Crippen LogP contribution in [0.5, 0.6) is 0 Å². The van der Waals surface area contributed by atoms with Crippen LogP contribution in [0.25, 0.3) is 0 Å². The molecule has 0 aliphatic carbocycles. The summed E-state index contributed by atoms with van der Waals surface area (Å²) in [5, 5.41) is 3.19. The number of hydrogen-bond acceptors (Lipinski definition) is 5. The van der Waals surface area contributed by atoms with Gasteiger partial charge < -0.3 is 10.7 Å². The minimum Gasteiger partial charge on any atom is -0.369 e. The maximum Gasteiger partial charge on any atom is 0.148 e. The highest BCUT2D eigenvalue weighted by atomic mass is 19.1. The van der Waals surface area contributed by atoms with Gasteiger partial charge in [-0.1, -0.05) is 18.2 Å². The molecule has 0 aliphatic heterocycles. The van der Waals surface area contributed by atoms with Gasteiger partial charge in [0.2, 0.25) is 0 Å². The second-order valence-electron chi connectivity index (χ2n) is 4.51. The Hall–Kier alpha value is -2.21.